The van der Waals surface area contributed by atoms with E-state index in [0.717, 1.165) is 6.04 Å². The lowest BCUT2D eigenvalue weighted by atomic mass is 10.2. The topological polar surface area (TPSA) is 37.3 Å². The van der Waals surface area contributed by atoms with Gasteiger partial charge in [-0.25, -0.2) is 4.79 Å². The number of carboxylic acid groups (broad SMARTS) is 1. The van der Waals surface area contributed by atoms with E-state index in [1.807, 2.05) is 18.2 Å². The second kappa shape index (κ2) is 5.39. The van der Waals surface area contributed by atoms with Crippen LogP contribution in [0, 0.1) is 0 Å². The quantitative estimate of drug-likeness (QED) is 0.584. The summed E-state index contributed by atoms with van der Waals surface area (Å²) in [6, 6.07) is 11.9. The summed E-state index contributed by atoms with van der Waals surface area (Å²) >= 11 is 0. The third-order valence-electron chi connectivity index (χ3n) is 2.09. The monoisotopic (exact) mass is 206 g/mol. The van der Waals surface area contributed by atoms with Crippen molar-refractivity contribution in [3.63, 3.8) is 0 Å². The van der Waals surface area contributed by atoms with E-state index >= 15 is 0 Å². The molecule has 0 amide bonds. The van der Waals surface area contributed by atoms with Gasteiger partial charge in [0, 0.05) is 15.1 Å². The van der Waals surface area contributed by atoms with Gasteiger partial charge in [0.2, 0.25) is 0 Å². The molecule has 0 aliphatic rings. The van der Waals surface area contributed by atoms with Crippen LogP contribution in [0.4, 0.5) is 0 Å². The maximum absolute atomic E-state index is 10.5. The Hall–Kier alpha value is -1.35. The zero-order chi connectivity index (χ0) is 10.4. The highest BCUT2D eigenvalue weighted by molar-refractivity contribution is 6.37. The summed E-state index contributed by atoms with van der Waals surface area (Å²) in [6.07, 6.45) is 0. The number of rotatable bonds is 5. The average Bonchev–Trinajstić information content (AvgIpc) is 2.19. The average molecular weight is 206 g/mol. The van der Waals surface area contributed by atoms with Crippen LogP contribution in [0.25, 0.3) is 0 Å². The number of hydrogen-bond donors (Lipinski definition) is 1. The molecule has 0 fully saturated rings. The minimum Gasteiger partial charge on any atom is -0.478 e. The second-order valence-electron chi connectivity index (χ2n) is 3.25. The molecule has 0 radical (unpaired) electrons. The summed E-state index contributed by atoms with van der Waals surface area (Å²) in [5.41, 5.74) is 1.66. The van der Waals surface area contributed by atoms with Gasteiger partial charge in [-0.05, 0) is 12.1 Å². The molecule has 0 spiro atoms. The van der Waals surface area contributed by atoms with E-state index in [0.29, 0.717) is 11.6 Å². The molecule has 1 aromatic rings. The molecule has 0 saturated carbocycles. The normalized spacial score (nSPS) is 10.6. The van der Waals surface area contributed by atoms with Crippen molar-refractivity contribution in [2.75, 3.05) is 0 Å². The summed E-state index contributed by atoms with van der Waals surface area (Å²) in [5.74, 6) is -0.856. The Labute approximate surface area is 86.1 Å². The van der Waals surface area contributed by atoms with Crippen LogP contribution < -0.4 is 0 Å². The molecule has 1 N–H and O–H groups in total. The first-order chi connectivity index (χ1) is 6.70. The summed E-state index contributed by atoms with van der Waals surface area (Å²) < 4.78 is 0. The lowest BCUT2D eigenvalue weighted by Crippen LogP contribution is -2.04. The fraction of sp³-hybridized carbons (Fsp3) is 0.182. The number of benzene rings is 1. The van der Waals surface area contributed by atoms with Crippen molar-refractivity contribution < 1.29 is 9.90 Å². The van der Waals surface area contributed by atoms with Crippen LogP contribution in [0.5, 0.6) is 0 Å². The number of carbonyl (C=O) groups is 1. The van der Waals surface area contributed by atoms with Gasteiger partial charge in [0.1, 0.15) is 0 Å². The van der Waals surface area contributed by atoms with Crippen molar-refractivity contribution in [1.82, 2.24) is 0 Å². The van der Waals surface area contributed by atoms with Crippen LogP contribution in [0.3, 0.4) is 0 Å². The Morgan fingerprint density at radius 1 is 1.36 bits per heavy atom. The summed E-state index contributed by atoms with van der Waals surface area (Å²) in [7, 11) is -0.358. The minimum atomic E-state index is -0.856. The number of carboxylic acids is 1. The molecule has 2 nitrogen and oxygen atoms in total. The van der Waals surface area contributed by atoms with Crippen molar-refractivity contribution in [1.29, 1.82) is 0 Å². The highest BCUT2D eigenvalue weighted by Gasteiger charge is 2.03. The highest BCUT2D eigenvalue weighted by Crippen LogP contribution is 2.03. The second-order valence-corrected chi connectivity index (χ2v) is 4.95. The zero-order valence-corrected chi connectivity index (χ0v) is 9.48. The SMILES string of the molecule is C=C(C[SiH2]Cc1ccccc1)C(=O)O. The minimum absolute atomic E-state index is 0.354. The predicted octanol–water partition coefficient (Wildman–Crippen LogP) is 1.41. The van der Waals surface area contributed by atoms with Gasteiger partial charge in [-0.2, -0.15) is 0 Å². The van der Waals surface area contributed by atoms with Crippen molar-refractivity contribution in [3.8, 4) is 0 Å². The van der Waals surface area contributed by atoms with Gasteiger partial charge >= 0.3 is 5.97 Å². The molecule has 1 aromatic carbocycles. The summed E-state index contributed by atoms with van der Waals surface area (Å²) in [5, 5.41) is 8.60. The predicted molar refractivity (Wildman–Crippen MR) is 60.3 cm³/mol. The van der Waals surface area contributed by atoms with Gasteiger partial charge in [-0.15, -0.1) is 0 Å². The molecule has 0 bridgehead atoms. The molecule has 0 heterocycles. The molecule has 0 aromatic heterocycles. The van der Waals surface area contributed by atoms with Crippen LogP contribution in [0.15, 0.2) is 42.5 Å². The van der Waals surface area contributed by atoms with Crippen molar-refractivity contribution in [2.45, 2.75) is 12.1 Å². The van der Waals surface area contributed by atoms with Crippen LogP contribution >= 0.6 is 0 Å². The summed E-state index contributed by atoms with van der Waals surface area (Å²) in [4.78, 5) is 10.5. The molecule has 0 unspecified atom stereocenters. The molecule has 3 heteroatoms. The zero-order valence-electron chi connectivity index (χ0n) is 8.07. The van der Waals surface area contributed by atoms with E-state index in [2.05, 4.69) is 18.7 Å². The lowest BCUT2D eigenvalue weighted by molar-refractivity contribution is -0.132. The fourth-order valence-corrected chi connectivity index (χ4v) is 2.82. The van der Waals surface area contributed by atoms with Crippen LogP contribution in [0.2, 0.25) is 6.04 Å². The molecular formula is C11H14O2Si. The van der Waals surface area contributed by atoms with Gasteiger partial charge in [0.05, 0.1) is 0 Å². The van der Waals surface area contributed by atoms with Crippen molar-refractivity contribution >= 4 is 15.5 Å². The van der Waals surface area contributed by atoms with Gasteiger partial charge < -0.3 is 5.11 Å². The Balaban J connectivity index is 2.29. The van der Waals surface area contributed by atoms with E-state index in [1.165, 1.54) is 5.56 Å². The molecule has 0 aliphatic carbocycles. The fourth-order valence-electron chi connectivity index (χ4n) is 1.26. The van der Waals surface area contributed by atoms with Gasteiger partial charge in [-0.1, -0.05) is 42.5 Å². The van der Waals surface area contributed by atoms with Gasteiger partial charge in [-0.3, -0.25) is 0 Å². The Morgan fingerprint density at radius 3 is 2.57 bits per heavy atom. The van der Waals surface area contributed by atoms with E-state index in [-0.39, 0.29) is 9.52 Å². The number of aliphatic carboxylic acids is 1. The Kier molecular flexibility index (Phi) is 4.13. The van der Waals surface area contributed by atoms with Gasteiger partial charge in [0.25, 0.3) is 0 Å². The smallest absolute Gasteiger partial charge is 0.330 e. The molecular weight excluding hydrogens is 192 g/mol. The van der Waals surface area contributed by atoms with E-state index in [1.54, 1.807) is 0 Å². The lowest BCUT2D eigenvalue weighted by Gasteiger charge is -2.00. The largest absolute Gasteiger partial charge is 0.478 e. The molecule has 1 rings (SSSR count). The third kappa shape index (κ3) is 3.58. The van der Waals surface area contributed by atoms with E-state index < -0.39 is 5.97 Å². The molecule has 0 atom stereocenters. The third-order valence-corrected chi connectivity index (χ3v) is 3.98. The van der Waals surface area contributed by atoms with Gasteiger partial charge in [0.15, 0.2) is 0 Å². The first kappa shape index (κ1) is 10.7. The maximum atomic E-state index is 10.5. The Morgan fingerprint density at radius 2 is 2.00 bits per heavy atom. The number of hydrogen-bond acceptors (Lipinski definition) is 1. The molecule has 0 saturated heterocycles. The molecule has 0 aliphatic heterocycles. The van der Waals surface area contributed by atoms with Crippen LogP contribution in [-0.4, -0.2) is 20.6 Å². The molecule has 74 valence electrons. The summed E-state index contributed by atoms with van der Waals surface area (Å²) in [6.45, 7) is 3.52. The van der Waals surface area contributed by atoms with Crippen molar-refractivity contribution in [2.24, 2.45) is 0 Å². The Bertz CT molecular complexity index is 319. The van der Waals surface area contributed by atoms with E-state index in [9.17, 15) is 4.79 Å². The first-order valence-electron chi connectivity index (χ1n) is 4.65. The first-order valence-corrected chi connectivity index (χ1v) is 6.65. The highest BCUT2D eigenvalue weighted by atomic mass is 28.2. The van der Waals surface area contributed by atoms with Crippen molar-refractivity contribution in [3.05, 3.63) is 48.0 Å². The maximum Gasteiger partial charge on any atom is 0.330 e. The standard InChI is InChI=1S/C11H14O2Si/c1-9(11(12)13)7-14-8-10-5-3-2-4-6-10/h2-6H,1,7-8,14H2,(H,12,13). The van der Waals surface area contributed by atoms with Crippen LogP contribution in [0.1, 0.15) is 5.56 Å². The van der Waals surface area contributed by atoms with Crippen LogP contribution in [-0.2, 0) is 10.8 Å². The van der Waals surface area contributed by atoms with E-state index in [4.69, 9.17) is 5.11 Å². The molecule has 14 heavy (non-hydrogen) atoms.